The van der Waals surface area contributed by atoms with Gasteiger partial charge in [0.05, 0.1) is 12.6 Å². The van der Waals surface area contributed by atoms with Crippen LogP contribution < -0.4 is 4.90 Å². The molecule has 1 saturated carbocycles. The van der Waals surface area contributed by atoms with E-state index in [1.54, 1.807) is 4.90 Å². The first-order valence-corrected chi connectivity index (χ1v) is 6.67. The number of nitrogens with zero attached hydrogens (tertiary/aromatic N) is 1. The number of hydrogen-bond donors (Lipinski definition) is 1. The lowest BCUT2D eigenvalue weighted by Gasteiger charge is -2.26. The fourth-order valence-corrected chi connectivity index (χ4v) is 3.01. The summed E-state index contributed by atoms with van der Waals surface area (Å²) in [7, 11) is 0. The zero-order chi connectivity index (χ0) is 12.9. The second kappa shape index (κ2) is 4.09. The van der Waals surface area contributed by atoms with Gasteiger partial charge >= 0.3 is 0 Å². The van der Waals surface area contributed by atoms with Crippen LogP contribution in [-0.2, 0) is 4.79 Å². The highest BCUT2D eigenvalue weighted by Crippen LogP contribution is 2.51. The summed E-state index contributed by atoms with van der Waals surface area (Å²) in [5, 5.41) is 9.46. The maximum absolute atomic E-state index is 12.2. The first-order valence-electron chi connectivity index (χ1n) is 6.67. The van der Waals surface area contributed by atoms with Gasteiger partial charge in [-0.3, -0.25) is 4.79 Å². The maximum atomic E-state index is 12.2. The average Bonchev–Trinajstić information content (AvgIpc) is 3.10. The Morgan fingerprint density at radius 3 is 2.56 bits per heavy atom. The number of carbonyl (C=O) groups is 1. The molecule has 2 aliphatic rings. The minimum atomic E-state index is -0.00704. The van der Waals surface area contributed by atoms with Crippen molar-refractivity contribution in [3.05, 3.63) is 29.8 Å². The third-order valence-electron chi connectivity index (χ3n) is 4.25. The van der Waals surface area contributed by atoms with Crippen molar-refractivity contribution in [2.24, 2.45) is 11.8 Å². The molecule has 1 aliphatic carbocycles. The van der Waals surface area contributed by atoms with Crippen molar-refractivity contribution < 1.29 is 9.90 Å². The van der Waals surface area contributed by atoms with Gasteiger partial charge in [0.15, 0.2) is 0 Å². The van der Waals surface area contributed by atoms with E-state index in [0.717, 1.165) is 12.1 Å². The minimum absolute atomic E-state index is 0.00704. The Kier molecular flexibility index (Phi) is 2.67. The fourth-order valence-electron chi connectivity index (χ4n) is 3.01. The molecule has 1 amide bonds. The molecule has 3 atom stereocenters. The van der Waals surface area contributed by atoms with Gasteiger partial charge in [-0.05, 0) is 36.0 Å². The third kappa shape index (κ3) is 1.65. The average molecular weight is 245 g/mol. The number of rotatable bonds is 3. The highest BCUT2D eigenvalue weighted by Gasteiger charge is 2.58. The molecule has 3 rings (SSSR count). The Morgan fingerprint density at radius 2 is 2.00 bits per heavy atom. The van der Waals surface area contributed by atoms with E-state index in [2.05, 4.69) is 26.0 Å². The summed E-state index contributed by atoms with van der Waals surface area (Å²) in [6.45, 7) is 4.38. The monoisotopic (exact) mass is 245 g/mol. The number of anilines is 1. The van der Waals surface area contributed by atoms with Crippen molar-refractivity contribution in [3.63, 3.8) is 0 Å². The summed E-state index contributed by atoms with van der Waals surface area (Å²) in [4.78, 5) is 13.9. The molecule has 0 spiro atoms. The van der Waals surface area contributed by atoms with Crippen molar-refractivity contribution in [3.8, 4) is 0 Å². The van der Waals surface area contributed by atoms with Crippen molar-refractivity contribution in [1.29, 1.82) is 0 Å². The number of hydrogen-bond acceptors (Lipinski definition) is 2. The molecular formula is C15H19NO2. The standard InChI is InChI=1S/C15H19NO2/c1-9(2)10-3-5-11(6-4-10)16-14(8-17)12-7-13(12)15(16)18/h3-6,9,12-14,17H,7-8H2,1-2H3. The van der Waals surface area contributed by atoms with Crippen molar-refractivity contribution >= 4 is 11.6 Å². The lowest BCUT2D eigenvalue weighted by molar-refractivity contribution is -0.119. The van der Waals surface area contributed by atoms with Gasteiger partial charge < -0.3 is 10.0 Å². The van der Waals surface area contributed by atoms with Gasteiger partial charge in [0.25, 0.3) is 0 Å². The van der Waals surface area contributed by atoms with E-state index in [-0.39, 0.29) is 24.5 Å². The Hall–Kier alpha value is -1.35. The highest BCUT2D eigenvalue weighted by atomic mass is 16.3. The third-order valence-corrected chi connectivity index (χ3v) is 4.25. The van der Waals surface area contributed by atoms with E-state index in [4.69, 9.17) is 0 Å². The van der Waals surface area contributed by atoms with Gasteiger partial charge in [-0.1, -0.05) is 26.0 Å². The molecule has 0 radical (unpaired) electrons. The van der Waals surface area contributed by atoms with E-state index in [1.165, 1.54) is 5.56 Å². The molecule has 3 unspecified atom stereocenters. The molecule has 96 valence electrons. The first-order chi connectivity index (χ1) is 8.63. The summed E-state index contributed by atoms with van der Waals surface area (Å²) in [5.74, 6) is 1.24. The Bertz CT molecular complexity index is 466. The van der Waals surface area contributed by atoms with Crippen LogP contribution in [0.15, 0.2) is 24.3 Å². The summed E-state index contributed by atoms with van der Waals surface area (Å²) >= 11 is 0. The molecule has 1 heterocycles. The van der Waals surface area contributed by atoms with E-state index < -0.39 is 0 Å². The maximum Gasteiger partial charge on any atom is 0.230 e. The van der Waals surface area contributed by atoms with Crippen LogP contribution in [0.25, 0.3) is 0 Å². The van der Waals surface area contributed by atoms with Gasteiger partial charge in [0.2, 0.25) is 5.91 Å². The fraction of sp³-hybridized carbons (Fsp3) is 0.533. The molecule has 18 heavy (non-hydrogen) atoms. The Labute approximate surface area is 107 Å². The molecular weight excluding hydrogens is 226 g/mol. The zero-order valence-electron chi connectivity index (χ0n) is 10.8. The van der Waals surface area contributed by atoms with Crippen LogP contribution in [0.4, 0.5) is 5.69 Å². The summed E-state index contributed by atoms with van der Waals surface area (Å²) in [5.41, 5.74) is 2.20. The molecule has 3 nitrogen and oxygen atoms in total. The molecule has 2 fully saturated rings. The number of piperidine rings is 1. The van der Waals surface area contributed by atoms with Gasteiger partial charge in [0.1, 0.15) is 0 Å². The molecule has 1 N–H and O–H groups in total. The molecule has 0 bridgehead atoms. The van der Waals surface area contributed by atoms with E-state index in [0.29, 0.717) is 11.8 Å². The van der Waals surface area contributed by atoms with Crippen LogP contribution in [0.5, 0.6) is 0 Å². The first kappa shape index (κ1) is 11.7. The van der Waals surface area contributed by atoms with Gasteiger partial charge in [-0.2, -0.15) is 0 Å². The second-order valence-corrected chi connectivity index (χ2v) is 5.71. The smallest absolute Gasteiger partial charge is 0.230 e. The number of amides is 1. The minimum Gasteiger partial charge on any atom is -0.394 e. The quantitative estimate of drug-likeness (QED) is 0.886. The van der Waals surface area contributed by atoms with Crippen LogP contribution in [0, 0.1) is 11.8 Å². The van der Waals surface area contributed by atoms with Crippen LogP contribution >= 0.6 is 0 Å². The number of aliphatic hydroxyl groups is 1. The van der Waals surface area contributed by atoms with Crippen molar-refractivity contribution in [2.75, 3.05) is 11.5 Å². The largest absolute Gasteiger partial charge is 0.394 e. The zero-order valence-corrected chi connectivity index (χ0v) is 10.8. The van der Waals surface area contributed by atoms with Crippen LogP contribution in [0.1, 0.15) is 31.7 Å². The number of carbonyl (C=O) groups excluding carboxylic acids is 1. The normalized spacial score (nSPS) is 29.9. The van der Waals surface area contributed by atoms with Crippen LogP contribution in [0.3, 0.4) is 0 Å². The number of aliphatic hydroxyl groups excluding tert-OH is 1. The SMILES string of the molecule is CC(C)c1ccc(N2C(=O)C3CC3C2CO)cc1. The number of fused-ring (bicyclic) bond motifs is 1. The molecule has 1 saturated heterocycles. The van der Waals surface area contributed by atoms with E-state index in [1.807, 2.05) is 12.1 Å². The Balaban J connectivity index is 1.88. The van der Waals surface area contributed by atoms with E-state index in [9.17, 15) is 9.90 Å². The molecule has 1 aromatic rings. The van der Waals surface area contributed by atoms with Crippen LogP contribution in [0.2, 0.25) is 0 Å². The summed E-state index contributed by atoms with van der Waals surface area (Å²) in [6.07, 6.45) is 0.963. The lowest BCUT2D eigenvalue weighted by atomic mass is 10.0. The van der Waals surface area contributed by atoms with Crippen molar-refractivity contribution in [2.45, 2.75) is 32.2 Å². The molecule has 1 aromatic carbocycles. The molecule has 0 aromatic heterocycles. The summed E-state index contributed by atoms with van der Waals surface area (Å²) in [6, 6.07) is 8.14. The summed E-state index contributed by atoms with van der Waals surface area (Å²) < 4.78 is 0. The van der Waals surface area contributed by atoms with E-state index >= 15 is 0 Å². The van der Waals surface area contributed by atoms with Gasteiger partial charge in [-0.25, -0.2) is 0 Å². The molecule has 1 aliphatic heterocycles. The van der Waals surface area contributed by atoms with Crippen molar-refractivity contribution in [1.82, 2.24) is 0 Å². The van der Waals surface area contributed by atoms with Crippen LogP contribution in [-0.4, -0.2) is 23.7 Å². The Morgan fingerprint density at radius 1 is 1.33 bits per heavy atom. The number of benzene rings is 1. The molecule has 3 heteroatoms. The van der Waals surface area contributed by atoms with Gasteiger partial charge in [0, 0.05) is 11.6 Å². The second-order valence-electron chi connectivity index (χ2n) is 5.71. The predicted octanol–water partition coefficient (Wildman–Crippen LogP) is 2.15. The lowest BCUT2D eigenvalue weighted by Crippen LogP contribution is -2.39. The van der Waals surface area contributed by atoms with Gasteiger partial charge in [-0.15, -0.1) is 0 Å². The topological polar surface area (TPSA) is 40.5 Å². The predicted molar refractivity (Wildman–Crippen MR) is 70.5 cm³/mol. The highest BCUT2D eigenvalue weighted by molar-refractivity contribution is 6.00.